The molecular formula is C23H27N3OS. The molecule has 5 rings (SSSR count). The molecule has 28 heavy (non-hydrogen) atoms. The molecule has 1 atom stereocenters. The van der Waals surface area contributed by atoms with E-state index in [-0.39, 0.29) is 11.3 Å². The largest absolute Gasteiger partial charge is 0.340 e. The summed E-state index contributed by atoms with van der Waals surface area (Å²) in [7, 11) is 0. The Morgan fingerprint density at radius 1 is 1.00 bits per heavy atom. The van der Waals surface area contributed by atoms with Crippen molar-refractivity contribution in [3.8, 4) is 0 Å². The van der Waals surface area contributed by atoms with Crippen LogP contribution in [-0.2, 0) is 11.3 Å². The van der Waals surface area contributed by atoms with Crippen molar-refractivity contribution in [3.63, 3.8) is 0 Å². The maximum absolute atomic E-state index is 12.7. The summed E-state index contributed by atoms with van der Waals surface area (Å²) >= 11 is 1.78. The second-order valence-electron chi connectivity index (χ2n) is 7.80. The number of benzene rings is 2. The van der Waals surface area contributed by atoms with Gasteiger partial charge in [0, 0.05) is 41.5 Å². The number of fused-ring (bicyclic) bond motifs is 3. The normalized spacial score (nSPS) is 20.8. The fourth-order valence-corrected chi connectivity index (χ4v) is 6.11. The Morgan fingerprint density at radius 2 is 1.79 bits per heavy atom. The first-order valence-electron chi connectivity index (χ1n) is 10.4. The van der Waals surface area contributed by atoms with Crippen LogP contribution in [-0.4, -0.2) is 52.2 Å². The third-order valence-electron chi connectivity index (χ3n) is 6.23. The van der Waals surface area contributed by atoms with Crippen LogP contribution >= 0.6 is 11.8 Å². The van der Waals surface area contributed by atoms with E-state index in [1.807, 2.05) is 0 Å². The van der Waals surface area contributed by atoms with Crippen LogP contribution in [0.2, 0.25) is 0 Å². The van der Waals surface area contributed by atoms with Crippen LogP contribution in [0.1, 0.15) is 30.7 Å². The highest BCUT2D eigenvalue weighted by Crippen LogP contribution is 2.43. The second kappa shape index (κ2) is 7.45. The highest BCUT2D eigenvalue weighted by atomic mass is 32.2. The van der Waals surface area contributed by atoms with Gasteiger partial charge in [0.05, 0.1) is 11.3 Å². The Morgan fingerprint density at radius 3 is 2.61 bits per heavy atom. The molecule has 5 heteroatoms. The number of aromatic nitrogens is 1. The molecular weight excluding hydrogens is 366 g/mol. The van der Waals surface area contributed by atoms with E-state index in [1.165, 1.54) is 53.3 Å². The zero-order chi connectivity index (χ0) is 19.1. The van der Waals surface area contributed by atoms with Crippen LogP contribution in [0, 0.1) is 0 Å². The van der Waals surface area contributed by atoms with Crippen LogP contribution in [0.3, 0.4) is 0 Å². The molecule has 2 saturated heterocycles. The molecule has 2 aliphatic heterocycles. The van der Waals surface area contributed by atoms with Gasteiger partial charge >= 0.3 is 0 Å². The first-order chi connectivity index (χ1) is 13.8. The molecule has 2 fully saturated rings. The van der Waals surface area contributed by atoms with E-state index in [0.717, 1.165) is 19.6 Å². The van der Waals surface area contributed by atoms with E-state index in [4.69, 9.17) is 0 Å². The van der Waals surface area contributed by atoms with Gasteiger partial charge in [-0.2, -0.15) is 0 Å². The van der Waals surface area contributed by atoms with E-state index >= 15 is 0 Å². The second-order valence-corrected chi connectivity index (χ2v) is 8.87. The van der Waals surface area contributed by atoms with Crippen LogP contribution in [0.15, 0.2) is 42.5 Å². The van der Waals surface area contributed by atoms with Crippen molar-refractivity contribution in [2.24, 2.45) is 0 Å². The fourth-order valence-electron chi connectivity index (χ4n) is 4.87. The Labute approximate surface area is 170 Å². The topological polar surface area (TPSA) is 28.5 Å². The molecule has 0 aliphatic carbocycles. The van der Waals surface area contributed by atoms with Crippen LogP contribution in [0.4, 0.5) is 0 Å². The van der Waals surface area contributed by atoms with Gasteiger partial charge in [-0.1, -0.05) is 36.4 Å². The molecule has 1 amide bonds. The van der Waals surface area contributed by atoms with Gasteiger partial charge in [0.15, 0.2) is 0 Å². The van der Waals surface area contributed by atoms with Crippen LogP contribution in [0.5, 0.6) is 0 Å². The predicted molar refractivity (Wildman–Crippen MR) is 118 cm³/mol. The maximum Gasteiger partial charge on any atom is 0.233 e. The van der Waals surface area contributed by atoms with E-state index in [2.05, 4.69) is 63.8 Å². The Bertz CT molecular complexity index is 1020. The summed E-state index contributed by atoms with van der Waals surface area (Å²) in [6.45, 7) is 7.33. The number of aryl methyl sites for hydroxylation is 1. The molecule has 0 radical (unpaired) electrons. The predicted octanol–water partition coefficient (Wildman–Crippen LogP) is 4.48. The average molecular weight is 394 g/mol. The third kappa shape index (κ3) is 2.92. The number of carbonyl (C=O) groups excluding carboxylic acids is 1. The fraction of sp³-hybridized carbons (Fsp3) is 0.435. The lowest BCUT2D eigenvalue weighted by Gasteiger charge is -2.27. The molecule has 0 bridgehead atoms. The molecule has 0 spiro atoms. The van der Waals surface area contributed by atoms with Crippen molar-refractivity contribution in [1.29, 1.82) is 0 Å². The zero-order valence-electron chi connectivity index (χ0n) is 16.4. The number of para-hydroxylation sites is 2. The number of thioether (sulfide) groups is 1. The molecule has 1 unspecified atom stereocenters. The molecule has 4 nitrogen and oxygen atoms in total. The van der Waals surface area contributed by atoms with E-state index < -0.39 is 0 Å². The first-order valence-corrected chi connectivity index (χ1v) is 11.5. The number of hydrogen-bond donors (Lipinski definition) is 0. The maximum atomic E-state index is 12.7. The Hall–Kier alpha value is -1.98. The molecule has 3 aromatic rings. The third-order valence-corrected chi connectivity index (χ3v) is 7.47. The summed E-state index contributed by atoms with van der Waals surface area (Å²) in [5.41, 5.74) is 3.86. The highest BCUT2D eigenvalue weighted by molar-refractivity contribution is 8.00. The smallest absolute Gasteiger partial charge is 0.233 e. The van der Waals surface area contributed by atoms with Crippen molar-refractivity contribution in [3.05, 3.63) is 48.0 Å². The number of amides is 1. The minimum Gasteiger partial charge on any atom is -0.340 e. The van der Waals surface area contributed by atoms with Crippen molar-refractivity contribution >= 4 is 39.5 Å². The molecule has 146 valence electrons. The van der Waals surface area contributed by atoms with Crippen molar-refractivity contribution < 1.29 is 4.79 Å². The Balaban J connectivity index is 1.56. The molecule has 0 N–H and O–H groups in total. The van der Waals surface area contributed by atoms with E-state index in [1.54, 1.807) is 11.8 Å². The van der Waals surface area contributed by atoms with E-state index in [9.17, 15) is 4.79 Å². The van der Waals surface area contributed by atoms with Crippen molar-refractivity contribution in [2.75, 3.05) is 31.9 Å². The summed E-state index contributed by atoms with van der Waals surface area (Å²) in [6.07, 6.45) is 2.59. The minimum atomic E-state index is 0.119. The number of likely N-dealkylation sites (tertiary alicyclic amines) is 1. The van der Waals surface area contributed by atoms with E-state index in [0.29, 0.717) is 5.75 Å². The van der Waals surface area contributed by atoms with Gasteiger partial charge in [0.2, 0.25) is 5.91 Å². The van der Waals surface area contributed by atoms with Gasteiger partial charge in [-0.05, 0) is 38.9 Å². The minimum absolute atomic E-state index is 0.119. The SMILES string of the molecule is CCn1c2ccccc2c2cccc(C3SCC(=O)N3CCN3CCCC3)c21. The van der Waals surface area contributed by atoms with Crippen molar-refractivity contribution in [2.45, 2.75) is 31.7 Å². The van der Waals surface area contributed by atoms with Gasteiger partial charge in [0.1, 0.15) is 5.37 Å². The van der Waals surface area contributed by atoms with Crippen molar-refractivity contribution in [1.82, 2.24) is 14.4 Å². The quantitative estimate of drug-likeness (QED) is 0.640. The first kappa shape index (κ1) is 18.1. The number of carbonyl (C=O) groups is 1. The standard InChI is InChI=1S/C23H27N3OS/c1-2-25-20-11-4-3-8-17(20)18-9-7-10-19(22(18)25)23-26(21(27)16-28-23)15-14-24-12-5-6-13-24/h3-4,7-11,23H,2,5-6,12-16H2,1H3. The molecule has 3 heterocycles. The van der Waals surface area contributed by atoms with Gasteiger partial charge in [-0.15, -0.1) is 11.8 Å². The summed E-state index contributed by atoms with van der Waals surface area (Å²) < 4.78 is 2.42. The average Bonchev–Trinajstić information content (AvgIpc) is 3.44. The molecule has 0 saturated carbocycles. The molecule has 2 aliphatic rings. The monoisotopic (exact) mass is 393 g/mol. The van der Waals surface area contributed by atoms with Gasteiger partial charge in [-0.25, -0.2) is 0 Å². The van der Waals surface area contributed by atoms with Gasteiger partial charge < -0.3 is 14.4 Å². The lowest BCUT2D eigenvalue weighted by atomic mass is 10.1. The lowest BCUT2D eigenvalue weighted by Crippen LogP contribution is -2.36. The van der Waals surface area contributed by atoms with Gasteiger partial charge in [-0.3, -0.25) is 4.79 Å². The summed E-state index contributed by atoms with van der Waals surface area (Å²) in [5.74, 6) is 0.873. The Kier molecular flexibility index (Phi) is 4.81. The zero-order valence-corrected chi connectivity index (χ0v) is 17.3. The lowest BCUT2D eigenvalue weighted by molar-refractivity contribution is -0.128. The molecule has 2 aromatic carbocycles. The van der Waals surface area contributed by atoms with Crippen LogP contribution in [0.25, 0.3) is 21.8 Å². The molecule has 1 aromatic heterocycles. The summed E-state index contributed by atoms with van der Waals surface area (Å²) in [4.78, 5) is 17.3. The number of nitrogens with zero attached hydrogens (tertiary/aromatic N) is 3. The number of hydrogen-bond acceptors (Lipinski definition) is 3. The number of rotatable bonds is 5. The highest BCUT2D eigenvalue weighted by Gasteiger charge is 2.34. The van der Waals surface area contributed by atoms with Crippen LogP contribution < -0.4 is 0 Å². The summed E-state index contributed by atoms with van der Waals surface area (Å²) in [6, 6.07) is 15.3. The summed E-state index contributed by atoms with van der Waals surface area (Å²) in [5, 5.41) is 2.72. The van der Waals surface area contributed by atoms with Gasteiger partial charge in [0.25, 0.3) is 0 Å².